The molecule has 0 aliphatic carbocycles. The Bertz CT molecular complexity index is 534. The molecule has 0 aliphatic heterocycles. The lowest BCUT2D eigenvalue weighted by molar-refractivity contribution is -0.121. The molecule has 7 heteroatoms. The van der Waals surface area contributed by atoms with Crippen molar-refractivity contribution in [2.24, 2.45) is 0 Å². The summed E-state index contributed by atoms with van der Waals surface area (Å²) in [6.45, 7) is 5.96. The van der Waals surface area contributed by atoms with Crippen molar-refractivity contribution in [1.82, 2.24) is 16.2 Å². The Morgan fingerprint density at radius 3 is 2.13 bits per heavy atom. The van der Waals surface area contributed by atoms with Crippen LogP contribution in [0.3, 0.4) is 0 Å². The van der Waals surface area contributed by atoms with Gasteiger partial charge in [0.2, 0.25) is 5.91 Å². The van der Waals surface area contributed by atoms with Crippen molar-refractivity contribution in [2.75, 3.05) is 14.2 Å². The molecule has 0 atom stereocenters. The van der Waals surface area contributed by atoms with Gasteiger partial charge in [-0.25, -0.2) is 0 Å². The number of thiocarbonyl (C=S) groups is 1. The summed E-state index contributed by atoms with van der Waals surface area (Å²) in [5.41, 5.74) is 6.07. The van der Waals surface area contributed by atoms with Crippen LogP contribution in [0.25, 0.3) is 0 Å². The largest absolute Gasteiger partial charge is 0.497 e. The molecule has 0 saturated heterocycles. The number of carbonyl (C=O) groups is 1. The quantitative estimate of drug-likeness (QED) is 0.562. The summed E-state index contributed by atoms with van der Waals surface area (Å²) in [6.07, 6.45) is 0.891. The van der Waals surface area contributed by atoms with Crippen LogP contribution in [0.15, 0.2) is 18.2 Å². The second-order valence-electron chi connectivity index (χ2n) is 6.10. The predicted molar refractivity (Wildman–Crippen MR) is 94.6 cm³/mol. The summed E-state index contributed by atoms with van der Waals surface area (Å²) in [4.78, 5) is 11.9. The molecule has 128 valence electrons. The van der Waals surface area contributed by atoms with E-state index in [0.29, 0.717) is 29.5 Å². The Balaban J connectivity index is 2.46. The summed E-state index contributed by atoms with van der Waals surface area (Å²) in [5, 5.41) is 3.43. The highest BCUT2D eigenvalue weighted by Gasteiger charge is 2.11. The highest BCUT2D eigenvalue weighted by atomic mass is 32.1. The van der Waals surface area contributed by atoms with Crippen LogP contribution >= 0.6 is 12.2 Å². The summed E-state index contributed by atoms with van der Waals surface area (Å²) in [6, 6.07) is 5.56. The van der Waals surface area contributed by atoms with Gasteiger partial charge in [-0.3, -0.25) is 15.6 Å². The topological polar surface area (TPSA) is 71.6 Å². The van der Waals surface area contributed by atoms with E-state index in [0.717, 1.165) is 5.56 Å². The number of hydrogen-bond donors (Lipinski definition) is 3. The van der Waals surface area contributed by atoms with Crippen molar-refractivity contribution in [3.8, 4) is 11.5 Å². The molecule has 0 radical (unpaired) electrons. The normalized spacial score (nSPS) is 10.7. The van der Waals surface area contributed by atoms with Gasteiger partial charge >= 0.3 is 0 Å². The van der Waals surface area contributed by atoms with E-state index in [1.807, 2.05) is 32.9 Å². The van der Waals surface area contributed by atoms with E-state index in [9.17, 15) is 4.79 Å². The van der Waals surface area contributed by atoms with Gasteiger partial charge in [0.25, 0.3) is 0 Å². The fourth-order valence-electron chi connectivity index (χ4n) is 1.83. The minimum atomic E-state index is -0.161. The molecule has 1 aromatic carbocycles. The molecule has 6 nitrogen and oxygen atoms in total. The molecule has 0 aliphatic rings. The average molecular weight is 339 g/mol. The molecule has 0 saturated carbocycles. The number of hydrogen-bond acceptors (Lipinski definition) is 4. The lowest BCUT2D eigenvalue weighted by Gasteiger charge is -2.23. The zero-order valence-corrected chi connectivity index (χ0v) is 15.1. The Morgan fingerprint density at radius 1 is 1.09 bits per heavy atom. The number of carbonyl (C=O) groups excluding carboxylic acids is 1. The molecule has 23 heavy (non-hydrogen) atoms. The number of aryl methyl sites for hydroxylation is 1. The number of hydrazine groups is 1. The Hall–Kier alpha value is -2.02. The maximum absolute atomic E-state index is 11.9. The average Bonchev–Trinajstić information content (AvgIpc) is 2.48. The van der Waals surface area contributed by atoms with Crippen LogP contribution in [0.1, 0.15) is 32.8 Å². The Morgan fingerprint density at radius 2 is 1.65 bits per heavy atom. The predicted octanol–water partition coefficient (Wildman–Crippen LogP) is 1.93. The first kappa shape index (κ1) is 19.0. The zero-order chi connectivity index (χ0) is 17.5. The molecular formula is C16H25N3O3S. The summed E-state index contributed by atoms with van der Waals surface area (Å²) < 4.78 is 10.4. The van der Waals surface area contributed by atoms with Crippen LogP contribution in [-0.4, -0.2) is 30.8 Å². The van der Waals surface area contributed by atoms with Gasteiger partial charge in [0.15, 0.2) is 5.11 Å². The summed E-state index contributed by atoms with van der Waals surface area (Å²) >= 11 is 5.09. The van der Waals surface area contributed by atoms with Crippen LogP contribution in [-0.2, 0) is 11.2 Å². The van der Waals surface area contributed by atoms with E-state index in [-0.39, 0.29) is 11.4 Å². The molecule has 3 N–H and O–H groups in total. The first-order chi connectivity index (χ1) is 10.7. The van der Waals surface area contributed by atoms with E-state index in [2.05, 4.69) is 16.2 Å². The monoisotopic (exact) mass is 339 g/mol. The van der Waals surface area contributed by atoms with Crippen LogP contribution in [0.2, 0.25) is 0 Å². The van der Waals surface area contributed by atoms with E-state index < -0.39 is 0 Å². The number of methoxy groups -OCH3 is 2. The molecule has 0 spiro atoms. The molecular weight excluding hydrogens is 314 g/mol. The molecule has 1 aromatic rings. The number of benzene rings is 1. The third-order valence-corrected chi connectivity index (χ3v) is 3.06. The standard InChI is InChI=1S/C16H25N3O3S/c1-16(2,3)17-15(23)19-18-14(20)7-6-11-8-12(21-4)10-13(9-11)22-5/h8-10H,6-7H2,1-5H3,(H,18,20)(H2,17,19,23). The van der Waals surface area contributed by atoms with Gasteiger partial charge in [0.1, 0.15) is 11.5 Å². The van der Waals surface area contributed by atoms with Crippen molar-refractivity contribution in [3.63, 3.8) is 0 Å². The maximum atomic E-state index is 11.9. The first-order valence-corrected chi connectivity index (χ1v) is 7.73. The second-order valence-corrected chi connectivity index (χ2v) is 6.51. The fourth-order valence-corrected chi connectivity index (χ4v) is 2.19. The molecule has 1 rings (SSSR count). The highest BCUT2D eigenvalue weighted by Crippen LogP contribution is 2.23. The Kier molecular flexibility index (Phi) is 7.09. The molecule has 0 heterocycles. The number of ether oxygens (including phenoxy) is 2. The molecule has 0 fully saturated rings. The highest BCUT2D eigenvalue weighted by molar-refractivity contribution is 7.80. The molecule has 0 bridgehead atoms. The fraction of sp³-hybridized carbons (Fsp3) is 0.500. The van der Waals surface area contributed by atoms with Gasteiger partial charge in [-0.15, -0.1) is 0 Å². The van der Waals surface area contributed by atoms with Crippen molar-refractivity contribution in [3.05, 3.63) is 23.8 Å². The minimum absolute atomic E-state index is 0.148. The maximum Gasteiger partial charge on any atom is 0.238 e. The van der Waals surface area contributed by atoms with Gasteiger partial charge in [0, 0.05) is 18.0 Å². The van der Waals surface area contributed by atoms with Crippen molar-refractivity contribution in [2.45, 2.75) is 39.2 Å². The van der Waals surface area contributed by atoms with E-state index >= 15 is 0 Å². The zero-order valence-electron chi connectivity index (χ0n) is 14.3. The lowest BCUT2D eigenvalue weighted by atomic mass is 10.1. The van der Waals surface area contributed by atoms with Gasteiger partial charge in [-0.2, -0.15) is 0 Å². The molecule has 1 amide bonds. The molecule has 0 aromatic heterocycles. The Labute approximate surface area is 142 Å². The minimum Gasteiger partial charge on any atom is -0.497 e. The second kappa shape index (κ2) is 8.57. The third-order valence-electron chi connectivity index (χ3n) is 2.86. The van der Waals surface area contributed by atoms with Crippen LogP contribution < -0.4 is 25.6 Å². The van der Waals surface area contributed by atoms with E-state index in [1.165, 1.54) is 0 Å². The number of nitrogens with one attached hydrogen (secondary N) is 3. The van der Waals surface area contributed by atoms with Crippen molar-refractivity contribution in [1.29, 1.82) is 0 Å². The molecule has 0 unspecified atom stereocenters. The van der Waals surface area contributed by atoms with Crippen LogP contribution in [0, 0.1) is 0 Å². The van der Waals surface area contributed by atoms with Crippen LogP contribution in [0.5, 0.6) is 11.5 Å². The van der Waals surface area contributed by atoms with Gasteiger partial charge in [-0.1, -0.05) is 0 Å². The summed E-state index contributed by atoms with van der Waals surface area (Å²) in [7, 11) is 3.19. The van der Waals surface area contributed by atoms with Gasteiger partial charge in [-0.05, 0) is 57.1 Å². The lowest BCUT2D eigenvalue weighted by Crippen LogP contribution is -2.52. The third kappa shape index (κ3) is 7.69. The van der Waals surface area contributed by atoms with E-state index in [1.54, 1.807) is 20.3 Å². The van der Waals surface area contributed by atoms with Gasteiger partial charge in [0.05, 0.1) is 14.2 Å². The number of rotatable bonds is 5. The van der Waals surface area contributed by atoms with Crippen molar-refractivity contribution < 1.29 is 14.3 Å². The van der Waals surface area contributed by atoms with Gasteiger partial charge < -0.3 is 14.8 Å². The smallest absolute Gasteiger partial charge is 0.238 e. The van der Waals surface area contributed by atoms with E-state index in [4.69, 9.17) is 21.7 Å². The number of amides is 1. The SMILES string of the molecule is COc1cc(CCC(=O)NNC(=S)NC(C)(C)C)cc(OC)c1. The van der Waals surface area contributed by atoms with Crippen molar-refractivity contribution >= 4 is 23.2 Å². The summed E-state index contributed by atoms with van der Waals surface area (Å²) in [5.74, 6) is 1.26. The first-order valence-electron chi connectivity index (χ1n) is 7.32. The van der Waals surface area contributed by atoms with Crippen LogP contribution in [0.4, 0.5) is 0 Å².